The van der Waals surface area contributed by atoms with Gasteiger partial charge in [-0.3, -0.25) is 0 Å². The van der Waals surface area contributed by atoms with Crippen LogP contribution in [0, 0.1) is 23.5 Å². The number of methoxy groups -OCH3 is 1. The van der Waals surface area contributed by atoms with Crippen LogP contribution in [0.4, 0.5) is 8.78 Å². The van der Waals surface area contributed by atoms with Crippen LogP contribution < -0.4 is 0 Å². The molecule has 84 valence electrons. The van der Waals surface area contributed by atoms with Crippen LogP contribution in [0.1, 0.15) is 15.9 Å². The molecule has 0 amide bonds. The van der Waals surface area contributed by atoms with Gasteiger partial charge in [0.1, 0.15) is 17.2 Å². The van der Waals surface area contributed by atoms with Crippen molar-refractivity contribution in [2.45, 2.75) is 0 Å². The first-order chi connectivity index (χ1) is 7.60. The van der Waals surface area contributed by atoms with Gasteiger partial charge < -0.3 is 4.74 Å². The van der Waals surface area contributed by atoms with Crippen molar-refractivity contribution in [1.29, 1.82) is 0 Å². The average Bonchev–Trinajstić information content (AvgIpc) is 2.25. The number of esters is 1. The Morgan fingerprint density at radius 2 is 2.00 bits per heavy atom. The lowest BCUT2D eigenvalue weighted by Gasteiger charge is -2.03. The molecule has 0 aromatic heterocycles. The van der Waals surface area contributed by atoms with Crippen molar-refractivity contribution in [3.05, 3.63) is 34.9 Å². The van der Waals surface area contributed by atoms with Gasteiger partial charge in [0.05, 0.1) is 12.9 Å². The molecule has 1 aromatic carbocycles. The third-order valence-corrected chi connectivity index (χ3v) is 1.90. The summed E-state index contributed by atoms with van der Waals surface area (Å²) in [7, 11) is 1.05. The lowest BCUT2D eigenvalue weighted by atomic mass is 10.1. The fourth-order valence-corrected chi connectivity index (χ4v) is 1.16. The number of hydrogen-bond acceptors (Lipinski definition) is 3. The fraction of sp³-hybridized carbons (Fsp3) is 0.182. The minimum absolute atomic E-state index is 0.150. The normalized spacial score (nSPS) is 9.25. The first-order valence-corrected chi connectivity index (χ1v) is 4.90. The number of rotatable bonds is 1. The molecule has 1 aromatic rings. The van der Waals surface area contributed by atoms with Crippen molar-refractivity contribution in [2.75, 3.05) is 12.9 Å². The Hall–Kier alpha value is -1.54. The molecule has 0 spiro atoms. The number of ether oxygens (including phenoxy) is 1. The number of benzene rings is 1. The van der Waals surface area contributed by atoms with E-state index >= 15 is 0 Å². The summed E-state index contributed by atoms with van der Waals surface area (Å²) < 4.78 is 30.9. The molecule has 0 unspecified atom stereocenters. The fourth-order valence-electron chi connectivity index (χ4n) is 1.08. The Morgan fingerprint density at radius 1 is 1.44 bits per heavy atom. The Labute approximate surface area is 97.0 Å². The van der Waals surface area contributed by atoms with E-state index < -0.39 is 23.2 Å². The van der Waals surface area contributed by atoms with Gasteiger partial charge in [0.2, 0.25) is 0 Å². The second-order valence-electron chi connectivity index (χ2n) is 2.77. The van der Waals surface area contributed by atoms with Crippen molar-refractivity contribution in [3.63, 3.8) is 0 Å². The SMILES string of the molecule is COC(=O)c1c(F)cc(C#CCS)cc1F. The summed E-state index contributed by atoms with van der Waals surface area (Å²) >= 11 is 3.84. The summed E-state index contributed by atoms with van der Waals surface area (Å²) in [6, 6.07) is 1.96. The zero-order valence-electron chi connectivity index (χ0n) is 8.38. The highest BCUT2D eigenvalue weighted by Crippen LogP contribution is 2.15. The molecule has 0 saturated carbocycles. The highest BCUT2D eigenvalue weighted by Gasteiger charge is 2.18. The maximum Gasteiger partial charge on any atom is 0.343 e. The highest BCUT2D eigenvalue weighted by atomic mass is 32.1. The third-order valence-electron chi connectivity index (χ3n) is 1.74. The molecule has 16 heavy (non-hydrogen) atoms. The second-order valence-corrected chi connectivity index (χ2v) is 3.08. The van der Waals surface area contributed by atoms with E-state index in [1.807, 2.05) is 0 Å². The Kier molecular flexibility index (Phi) is 4.32. The van der Waals surface area contributed by atoms with E-state index in [-0.39, 0.29) is 11.3 Å². The van der Waals surface area contributed by atoms with Crippen LogP contribution in [0.15, 0.2) is 12.1 Å². The molecule has 2 nitrogen and oxygen atoms in total. The van der Waals surface area contributed by atoms with E-state index in [4.69, 9.17) is 0 Å². The number of thiol groups is 1. The molecule has 0 aliphatic rings. The maximum absolute atomic E-state index is 13.3. The second kappa shape index (κ2) is 5.52. The zero-order valence-corrected chi connectivity index (χ0v) is 9.28. The summed E-state index contributed by atoms with van der Waals surface area (Å²) in [5.41, 5.74) is -0.560. The summed E-state index contributed by atoms with van der Waals surface area (Å²) in [5.74, 6) is 2.29. The van der Waals surface area contributed by atoms with E-state index in [9.17, 15) is 13.6 Å². The molecule has 1 rings (SSSR count). The molecule has 0 aliphatic heterocycles. The first-order valence-electron chi connectivity index (χ1n) is 4.27. The van der Waals surface area contributed by atoms with Crippen LogP contribution in [-0.2, 0) is 4.74 Å². The van der Waals surface area contributed by atoms with Gasteiger partial charge in [-0.2, -0.15) is 12.6 Å². The Morgan fingerprint density at radius 3 is 2.44 bits per heavy atom. The van der Waals surface area contributed by atoms with E-state index in [2.05, 4.69) is 29.2 Å². The largest absolute Gasteiger partial charge is 0.465 e. The van der Waals surface area contributed by atoms with Crippen LogP contribution in [0.5, 0.6) is 0 Å². The first kappa shape index (κ1) is 12.5. The molecule has 0 atom stereocenters. The Bertz CT molecular complexity index is 452. The van der Waals surface area contributed by atoms with Crippen molar-refractivity contribution < 1.29 is 18.3 Å². The van der Waals surface area contributed by atoms with Gasteiger partial charge in [0, 0.05) is 5.56 Å². The molecular weight excluding hydrogens is 234 g/mol. The third kappa shape index (κ3) is 2.74. The van der Waals surface area contributed by atoms with E-state index in [1.54, 1.807) is 0 Å². The van der Waals surface area contributed by atoms with Crippen LogP contribution in [-0.4, -0.2) is 18.8 Å². The highest BCUT2D eigenvalue weighted by molar-refractivity contribution is 7.80. The monoisotopic (exact) mass is 242 g/mol. The number of halogens is 2. The van der Waals surface area contributed by atoms with Gasteiger partial charge in [0.15, 0.2) is 0 Å². The molecule has 0 fully saturated rings. The van der Waals surface area contributed by atoms with Crippen molar-refractivity contribution >= 4 is 18.6 Å². The van der Waals surface area contributed by atoms with E-state index in [0.717, 1.165) is 19.2 Å². The minimum Gasteiger partial charge on any atom is -0.465 e. The van der Waals surface area contributed by atoms with Gasteiger partial charge in [-0.25, -0.2) is 13.6 Å². The summed E-state index contributed by atoms with van der Waals surface area (Å²) in [6.07, 6.45) is 0. The number of carbonyl (C=O) groups is 1. The topological polar surface area (TPSA) is 26.3 Å². The van der Waals surface area contributed by atoms with Crippen molar-refractivity contribution in [1.82, 2.24) is 0 Å². The molecule has 0 N–H and O–H groups in total. The summed E-state index contributed by atoms with van der Waals surface area (Å²) in [6.45, 7) is 0. The lowest BCUT2D eigenvalue weighted by Crippen LogP contribution is -2.08. The quantitative estimate of drug-likeness (QED) is 0.463. The van der Waals surface area contributed by atoms with E-state index in [0.29, 0.717) is 0 Å². The smallest absolute Gasteiger partial charge is 0.343 e. The molecule has 0 bridgehead atoms. The molecule has 0 radical (unpaired) electrons. The van der Waals surface area contributed by atoms with Crippen LogP contribution in [0.25, 0.3) is 0 Å². The van der Waals surface area contributed by atoms with Crippen molar-refractivity contribution in [3.8, 4) is 11.8 Å². The lowest BCUT2D eigenvalue weighted by molar-refractivity contribution is 0.0590. The number of hydrogen-bond donors (Lipinski definition) is 1. The van der Waals surface area contributed by atoms with Gasteiger partial charge in [-0.1, -0.05) is 11.8 Å². The molecule has 0 heterocycles. The number of carbonyl (C=O) groups excluding carboxylic acids is 1. The van der Waals surface area contributed by atoms with Gasteiger partial charge >= 0.3 is 5.97 Å². The zero-order chi connectivity index (χ0) is 12.1. The molecule has 5 heteroatoms. The molecule has 0 aliphatic carbocycles. The predicted molar refractivity (Wildman–Crippen MR) is 58.4 cm³/mol. The predicted octanol–water partition coefficient (Wildman–Crippen LogP) is 2.03. The van der Waals surface area contributed by atoms with Crippen molar-refractivity contribution in [2.24, 2.45) is 0 Å². The standard InChI is InChI=1S/C11H8F2O2S/c1-15-11(14)10-8(12)5-7(3-2-4-16)6-9(10)13/h5-6,16H,4H2,1H3. The van der Waals surface area contributed by atoms with Crippen LogP contribution in [0.2, 0.25) is 0 Å². The van der Waals surface area contributed by atoms with Gasteiger partial charge in [-0.05, 0) is 12.1 Å². The van der Waals surface area contributed by atoms with Gasteiger partial charge in [-0.15, -0.1) is 0 Å². The summed E-state index contributed by atoms with van der Waals surface area (Å²) in [5, 5.41) is 0. The minimum atomic E-state index is -1.05. The summed E-state index contributed by atoms with van der Waals surface area (Å²) in [4.78, 5) is 11.0. The Balaban J connectivity index is 3.22. The van der Waals surface area contributed by atoms with E-state index in [1.165, 1.54) is 0 Å². The average molecular weight is 242 g/mol. The molecular formula is C11H8F2O2S. The van der Waals surface area contributed by atoms with Crippen LogP contribution in [0.3, 0.4) is 0 Å². The van der Waals surface area contributed by atoms with Crippen LogP contribution >= 0.6 is 12.6 Å². The maximum atomic E-state index is 13.3. The van der Waals surface area contributed by atoms with Gasteiger partial charge in [0.25, 0.3) is 0 Å². The molecule has 0 saturated heterocycles.